The van der Waals surface area contributed by atoms with Crippen molar-refractivity contribution >= 4 is 11.6 Å². The van der Waals surface area contributed by atoms with E-state index in [2.05, 4.69) is 26.8 Å². The fourth-order valence-corrected chi connectivity index (χ4v) is 3.99. The molecule has 2 N–H and O–H groups in total. The summed E-state index contributed by atoms with van der Waals surface area (Å²) in [6, 6.07) is 3.82. The molecule has 4 rings (SSSR count). The maximum atomic E-state index is 10.1. The van der Waals surface area contributed by atoms with E-state index >= 15 is 0 Å². The zero-order valence-corrected chi connectivity index (χ0v) is 16.9. The summed E-state index contributed by atoms with van der Waals surface area (Å²) >= 11 is 0. The van der Waals surface area contributed by atoms with Crippen molar-refractivity contribution in [2.75, 3.05) is 23.8 Å². The van der Waals surface area contributed by atoms with Gasteiger partial charge < -0.3 is 20.1 Å². The lowest BCUT2D eigenvalue weighted by atomic mass is 9.91. The topological polar surface area (TPSA) is 83.4 Å². The van der Waals surface area contributed by atoms with Crippen LogP contribution in [0.1, 0.15) is 49.3 Å². The van der Waals surface area contributed by atoms with E-state index in [1.54, 1.807) is 32.3 Å². The van der Waals surface area contributed by atoms with E-state index in [9.17, 15) is 5.11 Å². The number of fused-ring (bicyclic) bond motifs is 1. The molecular formula is C22H29N5O2. The number of methoxy groups -OCH3 is 1. The molecule has 2 aromatic rings. The summed E-state index contributed by atoms with van der Waals surface area (Å²) in [5.74, 6) is 1.41. The number of anilines is 2. The van der Waals surface area contributed by atoms with Gasteiger partial charge in [0.15, 0.2) is 11.6 Å². The van der Waals surface area contributed by atoms with Crippen LogP contribution in [0.25, 0.3) is 11.3 Å². The van der Waals surface area contributed by atoms with Crippen LogP contribution in [0.4, 0.5) is 11.6 Å². The minimum Gasteiger partial charge on any atom is -0.384 e. The van der Waals surface area contributed by atoms with Gasteiger partial charge in [0, 0.05) is 30.5 Å². The van der Waals surface area contributed by atoms with Crippen molar-refractivity contribution in [1.82, 2.24) is 15.0 Å². The molecular weight excluding hydrogens is 366 g/mol. The Morgan fingerprint density at radius 3 is 2.69 bits per heavy atom. The molecule has 7 nitrogen and oxygen atoms in total. The van der Waals surface area contributed by atoms with Gasteiger partial charge in [-0.05, 0) is 51.7 Å². The van der Waals surface area contributed by atoms with E-state index in [4.69, 9.17) is 13.8 Å². The molecule has 0 unspecified atom stereocenters. The van der Waals surface area contributed by atoms with Crippen LogP contribution in [0.2, 0.25) is 0 Å². The Kier molecular flexibility index (Phi) is 4.34. The fraction of sp³-hybridized carbons (Fsp3) is 0.500. The minimum atomic E-state index is -2.36. The van der Waals surface area contributed by atoms with Gasteiger partial charge in [0.05, 0.1) is 34.3 Å². The van der Waals surface area contributed by atoms with Gasteiger partial charge in [0.2, 0.25) is 0 Å². The molecule has 7 heteroatoms. The highest BCUT2D eigenvalue weighted by molar-refractivity contribution is 5.72. The molecule has 0 spiro atoms. The first-order chi connectivity index (χ1) is 15.0. The molecule has 154 valence electrons. The van der Waals surface area contributed by atoms with Crippen molar-refractivity contribution in [3.8, 4) is 11.3 Å². The number of hydrogen-bond acceptors (Lipinski definition) is 7. The van der Waals surface area contributed by atoms with Crippen LogP contribution in [0.15, 0.2) is 36.8 Å². The summed E-state index contributed by atoms with van der Waals surface area (Å²) in [5, 5.41) is 13.4. The first-order valence-electron chi connectivity index (χ1n) is 11.5. The lowest BCUT2D eigenvalue weighted by Crippen LogP contribution is -2.43. The van der Waals surface area contributed by atoms with Crippen LogP contribution in [0.5, 0.6) is 0 Å². The van der Waals surface area contributed by atoms with Crippen molar-refractivity contribution in [1.29, 1.82) is 0 Å². The lowest BCUT2D eigenvalue weighted by Gasteiger charge is -2.41. The molecule has 1 aliphatic carbocycles. The van der Waals surface area contributed by atoms with Crippen LogP contribution < -0.4 is 10.2 Å². The number of ether oxygens (including phenoxy) is 1. The number of hydrogen-bond donors (Lipinski definition) is 2. The Morgan fingerprint density at radius 1 is 1.24 bits per heavy atom. The van der Waals surface area contributed by atoms with Gasteiger partial charge in [-0.1, -0.05) is 6.58 Å². The molecule has 1 fully saturated rings. The molecule has 29 heavy (non-hydrogen) atoms. The molecule has 0 bridgehead atoms. The average Bonchev–Trinajstić information content (AvgIpc) is 2.72. The molecule has 0 saturated heterocycles. The van der Waals surface area contributed by atoms with Crippen LogP contribution >= 0.6 is 0 Å². The second kappa shape index (κ2) is 7.72. The minimum absolute atomic E-state index is 0.153. The lowest BCUT2D eigenvalue weighted by molar-refractivity contribution is 0.0660. The highest BCUT2D eigenvalue weighted by Crippen LogP contribution is 2.37. The Bertz CT molecular complexity index is 981. The summed E-state index contributed by atoms with van der Waals surface area (Å²) in [6.45, 7) is 8.19. The van der Waals surface area contributed by atoms with Gasteiger partial charge >= 0.3 is 0 Å². The molecule has 3 heterocycles. The number of pyridine rings is 1. The molecule has 0 radical (unpaired) electrons. The fourth-order valence-electron chi connectivity index (χ4n) is 3.99. The molecule has 1 saturated carbocycles. The van der Waals surface area contributed by atoms with E-state index in [-0.39, 0.29) is 12.1 Å². The van der Waals surface area contributed by atoms with E-state index < -0.39 is 12.6 Å². The molecule has 0 aromatic carbocycles. The summed E-state index contributed by atoms with van der Waals surface area (Å²) in [4.78, 5) is 16.0. The third-order valence-corrected chi connectivity index (χ3v) is 5.64. The molecule has 0 atom stereocenters. The zero-order valence-electron chi connectivity index (χ0n) is 19.9. The van der Waals surface area contributed by atoms with Gasteiger partial charge in [0.1, 0.15) is 5.60 Å². The quantitative estimate of drug-likeness (QED) is 0.816. The second-order valence-electron chi connectivity index (χ2n) is 8.26. The van der Waals surface area contributed by atoms with E-state index in [1.807, 2.05) is 6.07 Å². The van der Waals surface area contributed by atoms with E-state index in [0.29, 0.717) is 42.4 Å². The van der Waals surface area contributed by atoms with Crippen LogP contribution in [-0.4, -0.2) is 45.8 Å². The molecule has 2 aromatic heterocycles. The maximum Gasteiger partial charge on any atom is 0.176 e. The van der Waals surface area contributed by atoms with Crippen molar-refractivity contribution in [3.05, 3.63) is 42.5 Å². The Hall–Kier alpha value is -2.51. The van der Waals surface area contributed by atoms with Crippen molar-refractivity contribution in [2.45, 2.75) is 57.3 Å². The Balaban J connectivity index is 1.57. The Morgan fingerprint density at radius 2 is 2.03 bits per heavy atom. The Labute approximate surface area is 176 Å². The predicted octanol–water partition coefficient (Wildman–Crippen LogP) is 3.47. The normalized spacial score (nSPS) is 24.2. The second-order valence-corrected chi connectivity index (χ2v) is 8.26. The van der Waals surface area contributed by atoms with E-state index in [0.717, 1.165) is 24.1 Å². The third-order valence-electron chi connectivity index (χ3n) is 5.64. The number of rotatable bonds is 4. The monoisotopic (exact) mass is 398 g/mol. The van der Waals surface area contributed by atoms with Crippen LogP contribution in [0, 0.1) is 0 Å². The average molecular weight is 399 g/mol. The molecule has 2 aliphatic rings. The number of nitrogens with one attached hydrogen (secondary N) is 1. The third kappa shape index (κ3) is 3.97. The maximum absolute atomic E-state index is 10.1. The van der Waals surface area contributed by atoms with Gasteiger partial charge in [-0.3, -0.25) is 4.98 Å². The SMILES string of the molecule is [2H]C([2H])([2H])O[C@H]1CC[C@H](N2C(=C)CNc3ncc(-c4ccc(C(C)(C)O)nc4)nc32)CC1. The smallest absolute Gasteiger partial charge is 0.176 e. The van der Waals surface area contributed by atoms with Gasteiger partial charge in [0.25, 0.3) is 0 Å². The number of nitrogens with zero attached hydrogens (tertiary/aromatic N) is 4. The van der Waals surface area contributed by atoms with Crippen molar-refractivity contribution in [3.63, 3.8) is 0 Å². The standard InChI is InChI=1S/C22H29N5O2/c1-14-11-24-20-21(27(14)16-6-8-17(29-4)9-7-16)26-18(13-25-20)15-5-10-19(23-12-15)22(2,3)28/h5,10,12-13,16-17,28H,1,6-9,11H2,2-4H3,(H,24,25)/t16-,17-/i4D3. The summed E-state index contributed by atoms with van der Waals surface area (Å²) in [6.07, 6.45) is 6.05. The van der Waals surface area contributed by atoms with Crippen molar-refractivity contribution < 1.29 is 14.0 Å². The largest absolute Gasteiger partial charge is 0.384 e. The van der Waals surface area contributed by atoms with Crippen LogP contribution in [-0.2, 0) is 10.3 Å². The van der Waals surface area contributed by atoms with Gasteiger partial charge in [-0.15, -0.1) is 0 Å². The first kappa shape index (κ1) is 16.3. The van der Waals surface area contributed by atoms with Crippen molar-refractivity contribution in [2.24, 2.45) is 0 Å². The van der Waals surface area contributed by atoms with Gasteiger partial charge in [-0.2, -0.15) is 0 Å². The summed E-state index contributed by atoms with van der Waals surface area (Å²) < 4.78 is 27.2. The van der Waals surface area contributed by atoms with Gasteiger partial charge in [-0.25, -0.2) is 9.97 Å². The highest BCUT2D eigenvalue weighted by atomic mass is 16.5. The highest BCUT2D eigenvalue weighted by Gasteiger charge is 2.32. The zero-order chi connectivity index (χ0) is 23.1. The summed E-state index contributed by atoms with van der Waals surface area (Å²) in [5.41, 5.74) is 1.96. The van der Waals surface area contributed by atoms with Crippen LogP contribution in [0.3, 0.4) is 0 Å². The predicted molar refractivity (Wildman–Crippen MR) is 114 cm³/mol. The summed E-state index contributed by atoms with van der Waals surface area (Å²) in [7, 11) is -2.36. The molecule has 1 aliphatic heterocycles. The van der Waals surface area contributed by atoms with E-state index in [1.165, 1.54) is 0 Å². The molecule has 0 amide bonds. The number of aromatic nitrogens is 3. The number of aliphatic hydroxyl groups is 1. The first-order valence-corrected chi connectivity index (χ1v) is 9.96.